The summed E-state index contributed by atoms with van der Waals surface area (Å²) < 4.78 is 20.3. The Labute approximate surface area is 184 Å². The summed E-state index contributed by atoms with van der Waals surface area (Å²) in [5.74, 6) is 0.0501. The van der Waals surface area contributed by atoms with Crippen LogP contribution in [-0.4, -0.2) is 15.7 Å². The van der Waals surface area contributed by atoms with Gasteiger partial charge in [0.1, 0.15) is 18.2 Å². The van der Waals surface area contributed by atoms with Crippen molar-refractivity contribution >= 4 is 23.2 Å². The van der Waals surface area contributed by atoms with E-state index in [-0.39, 0.29) is 11.7 Å². The number of anilines is 1. The quantitative estimate of drug-likeness (QED) is 0.413. The average molecular weight is 436 g/mol. The van der Waals surface area contributed by atoms with E-state index in [0.29, 0.717) is 35.2 Å². The predicted octanol–water partition coefficient (Wildman–Crippen LogP) is 5.56. The number of nitrogens with zero attached hydrogens (tertiary/aromatic N) is 2. The summed E-state index contributed by atoms with van der Waals surface area (Å²) >= 11 is 5.91. The monoisotopic (exact) mass is 435 g/mol. The molecule has 1 aromatic heterocycles. The highest BCUT2D eigenvalue weighted by molar-refractivity contribution is 6.30. The minimum Gasteiger partial charge on any atom is -0.489 e. The molecule has 0 aliphatic heterocycles. The number of benzene rings is 3. The molecule has 1 heterocycles. The van der Waals surface area contributed by atoms with Crippen molar-refractivity contribution in [1.29, 1.82) is 0 Å². The molecule has 31 heavy (non-hydrogen) atoms. The second kappa shape index (κ2) is 9.45. The van der Waals surface area contributed by atoms with Crippen LogP contribution in [0.5, 0.6) is 5.75 Å². The van der Waals surface area contributed by atoms with E-state index >= 15 is 0 Å². The first-order valence-corrected chi connectivity index (χ1v) is 9.98. The van der Waals surface area contributed by atoms with Crippen molar-refractivity contribution < 1.29 is 13.9 Å². The summed E-state index contributed by atoms with van der Waals surface area (Å²) in [5, 5.41) is 7.81. The van der Waals surface area contributed by atoms with Crippen LogP contribution in [0.2, 0.25) is 5.02 Å². The van der Waals surface area contributed by atoms with E-state index in [1.165, 1.54) is 12.1 Å². The summed E-state index contributed by atoms with van der Waals surface area (Å²) in [6.07, 6.45) is 3.39. The van der Waals surface area contributed by atoms with Crippen LogP contribution in [0.3, 0.4) is 0 Å². The first kappa shape index (κ1) is 20.6. The zero-order valence-electron chi connectivity index (χ0n) is 16.5. The average Bonchev–Trinajstić information content (AvgIpc) is 3.22. The molecule has 156 valence electrons. The Balaban J connectivity index is 1.31. The maximum atomic E-state index is 12.9. The van der Waals surface area contributed by atoms with Crippen molar-refractivity contribution in [3.63, 3.8) is 0 Å². The molecule has 0 bridgehead atoms. The Morgan fingerprint density at radius 2 is 1.65 bits per heavy atom. The van der Waals surface area contributed by atoms with Crippen LogP contribution in [0.25, 0.3) is 0 Å². The molecule has 0 unspecified atom stereocenters. The molecule has 1 N–H and O–H groups in total. The maximum Gasteiger partial charge on any atom is 0.255 e. The number of amides is 1. The van der Waals surface area contributed by atoms with Crippen molar-refractivity contribution in [3.05, 3.63) is 113 Å². The molecule has 5 nitrogen and oxygen atoms in total. The number of rotatable bonds is 7. The summed E-state index contributed by atoms with van der Waals surface area (Å²) in [7, 11) is 0. The molecule has 0 fully saturated rings. The lowest BCUT2D eigenvalue weighted by Crippen LogP contribution is -2.11. The molecule has 0 aliphatic carbocycles. The van der Waals surface area contributed by atoms with Crippen LogP contribution >= 0.6 is 11.6 Å². The third kappa shape index (κ3) is 5.71. The zero-order valence-corrected chi connectivity index (χ0v) is 17.2. The highest BCUT2D eigenvalue weighted by Crippen LogP contribution is 2.15. The number of carbonyl (C=O) groups excluding carboxylic acids is 1. The van der Waals surface area contributed by atoms with Gasteiger partial charge in [0.25, 0.3) is 5.91 Å². The van der Waals surface area contributed by atoms with Gasteiger partial charge in [-0.05, 0) is 59.7 Å². The van der Waals surface area contributed by atoms with Crippen LogP contribution in [-0.2, 0) is 13.2 Å². The van der Waals surface area contributed by atoms with Crippen molar-refractivity contribution in [2.75, 3.05) is 5.32 Å². The Bertz CT molecular complexity index is 1160. The Hall–Kier alpha value is -3.64. The van der Waals surface area contributed by atoms with Crippen LogP contribution in [0, 0.1) is 5.82 Å². The molecule has 4 rings (SSSR count). The third-order valence-corrected chi connectivity index (χ3v) is 4.84. The summed E-state index contributed by atoms with van der Waals surface area (Å²) in [4.78, 5) is 12.5. The second-order valence-corrected chi connectivity index (χ2v) is 7.38. The van der Waals surface area contributed by atoms with Crippen molar-refractivity contribution in [2.45, 2.75) is 13.2 Å². The molecule has 0 saturated carbocycles. The van der Waals surface area contributed by atoms with E-state index in [0.717, 1.165) is 11.1 Å². The smallest absolute Gasteiger partial charge is 0.255 e. The lowest BCUT2D eigenvalue weighted by Gasteiger charge is -2.07. The lowest BCUT2D eigenvalue weighted by atomic mass is 10.1. The van der Waals surface area contributed by atoms with Gasteiger partial charge < -0.3 is 10.1 Å². The highest BCUT2D eigenvalue weighted by atomic mass is 35.5. The predicted molar refractivity (Wildman–Crippen MR) is 118 cm³/mol. The van der Waals surface area contributed by atoms with Gasteiger partial charge in [-0.2, -0.15) is 5.10 Å². The van der Waals surface area contributed by atoms with Crippen LogP contribution < -0.4 is 10.1 Å². The molecule has 7 heteroatoms. The molecule has 0 saturated heterocycles. The number of ether oxygens (including phenoxy) is 1. The molecule has 0 atom stereocenters. The van der Waals surface area contributed by atoms with Gasteiger partial charge in [0.05, 0.1) is 18.4 Å². The van der Waals surface area contributed by atoms with Gasteiger partial charge in [-0.3, -0.25) is 9.48 Å². The van der Waals surface area contributed by atoms with Gasteiger partial charge in [-0.1, -0.05) is 35.9 Å². The zero-order chi connectivity index (χ0) is 21.6. The van der Waals surface area contributed by atoms with Gasteiger partial charge in [0.2, 0.25) is 0 Å². The summed E-state index contributed by atoms with van der Waals surface area (Å²) in [5.41, 5.74) is 3.10. The third-order valence-electron chi connectivity index (χ3n) is 4.58. The first-order valence-electron chi connectivity index (χ1n) is 9.61. The molecule has 0 aliphatic rings. The molecule has 0 spiro atoms. The van der Waals surface area contributed by atoms with Gasteiger partial charge >= 0.3 is 0 Å². The fraction of sp³-hybridized carbons (Fsp3) is 0.0833. The number of hydrogen-bond donors (Lipinski definition) is 1. The van der Waals surface area contributed by atoms with Gasteiger partial charge in [-0.25, -0.2) is 4.39 Å². The SMILES string of the molecule is O=C(Nc1cnn(Cc2ccc(Cl)cc2)c1)c1ccc(COc2ccc(F)cc2)cc1. The van der Waals surface area contributed by atoms with Crippen LogP contribution in [0.4, 0.5) is 10.1 Å². The van der Waals surface area contributed by atoms with Crippen LogP contribution in [0.15, 0.2) is 85.2 Å². The topological polar surface area (TPSA) is 56.2 Å². The van der Waals surface area contributed by atoms with Crippen molar-refractivity contribution in [1.82, 2.24) is 9.78 Å². The van der Waals surface area contributed by atoms with Gasteiger partial charge in [0.15, 0.2) is 0 Å². The molecular weight excluding hydrogens is 417 g/mol. The van der Waals surface area contributed by atoms with Crippen molar-refractivity contribution in [3.8, 4) is 5.75 Å². The maximum absolute atomic E-state index is 12.9. The Kier molecular flexibility index (Phi) is 6.29. The first-order chi connectivity index (χ1) is 15.0. The normalized spacial score (nSPS) is 10.6. The Morgan fingerprint density at radius 3 is 2.35 bits per heavy atom. The van der Waals surface area contributed by atoms with E-state index < -0.39 is 0 Å². The van der Waals surface area contributed by atoms with E-state index in [1.807, 2.05) is 36.4 Å². The number of hydrogen-bond acceptors (Lipinski definition) is 3. The molecule has 3 aromatic carbocycles. The minimum atomic E-state index is -0.307. The van der Waals surface area contributed by atoms with E-state index in [9.17, 15) is 9.18 Å². The second-order valence-electron chi connectivity index (χ2n) is 6.95. The van der Waals surface area contributed by atoms with E-state index in [1.54, 1.807) is 41.3 Å². The number of carbonyl (C=O) groups is 1. The van der Waals surface area contributed by atoms with Crippen molar-refractivity contribution in [2.24, 2.45) is 0 Å². The fourth-order valence-corrected chi connectivity index (χ4v) is 3.07. The molecule has 1 amide bonds. The molecular formula is C24H19ClFN3O2. The summed E-state index contributed by atoms with van der Waals surface area (Å²) in [6.45, 7) is 0.904. The molecule has 0 radical (unpaired) electrons. The number of halogens is 2. The largest absolute Gasteiger partial charge is 0.489 e. The number of aromatic nitrogens is 2. The lowest BCUT2D eigenvalue weighted by molar-refractivity contribution is 0.102. The Morgan fingerprint density at radius 1 is 0.968 bits per heavy atom. The van der Waals surface area contributed by atoms with E-state index in [2.05, 4.69) is 10.4 Å². The standard InChI is InChI=1S/C24H19ClFN3O2/c25-20-7-3-17(4-8-20)14-29-15-22(13-27-29)28-24(30)19-5-1-18(2-6-19)16-31-23-11-9-21(26)10-12-23/h1-13,15H,14,16H2,(H,28,30). The number of nitrogens with one attached hydrogen (secondary N) is 1. The van der Waals surface area contributed by atoms with Gasteiger partial charge in [0, 0.05) is 16.8 Å². The van der Waals surface area contributed by atoms with Crippen LogP contribution in [0.1, 0.15) is 21.5 Å². The molecule has 4 aromatic rings. The highest BCUT2D eigenvalue weighted by Gasteiger charge is 2.08. The minimum absolute atomic E-state index is 0.225. The summed E-state index contributed by atoms with van der Waals surface area (Å²) in [6, 6.07) is 20.5. The van der Waals surface area contributed by atoms with Gasteiger partial charge in [-0.15, -0.1) is 0 Å². The van der Waals surface area contributed by atoms with E-state index in [4.69, 9.17) is 16.3 Å². The fourth-order valence-electron chi connectivity index (χ4n) is 2.94.